The van der Waals surface area contributed by atoms with Crippen LogP contribution in [0.4, 0.5) is 0 Å². The van der Waals surface area contributed by atoms with Crippen molar-refractivity contribution in [2.75, 3.05) is 0 Å². The fourth-order valence-electron chi connectivity index (χ4n) is 7.57. The molecule has 9 rings (SSSR count). The number of benzene rings is 7. The van der Waals surface area contributed by atoms with E-state index < -0.39 is 5.41 Å². The van der Waals surface area contributed by atoms with Gasteiger partial charge < -0.3 is 0 Å². The molecule has 7 aromatic carbocycles. The molecule has 1 aliphatic carbocycles. The van der Waals surface area contributed by atoms with Crippen LogP contribution in [0.15, 0.2) is 182 Å². The van der Waals surface area contributed by atoms with Gasteiger partial charge >= 0.3 is 0 Å². The van der Waals surface area contributed by atoms with Crippen molar-refractivity contribution in [2.45, 2.75) is 5.41 Å². The average molecular weight is 599 g/mol. The van der Waals surface area contributed by atoms with Crippen LogP contribution in [0.5, 0.6) is 0 Å². The molecular weight excluding hydrogens is 569 g/mol. The third kappa shape index (κ3) is 4.26. The highest BCUT2D eigenvalue weighted by molar-refractivity contribution is 5.95. The van der Waals surface area contributed by atoms with Gasteiger partial charge in [0.25, 0.3) is 0 Å². The minimum absolute atomic E-state index is 0.459. The molecule has 0 saturated carbocycles. The van der Waals surface area contributed by atoms with Gasteiger partial charge in [0.15, 0.2) is 5.82 Å². The van der Waals surface area contributed by atoms with Gasteiger partial charge in [0.2, 0.25) is 0 Å². The highest BCUT2D eigenvalue weighted by Crippen LogP contribution is 2.56. The van der Waals surface area contributed by atoms with E-state index in [-0.39, 0.29) is 0 Å². The van der Waals surface area contributed by atoms with Crippen LogP contribution >= 0.6 is 0 Å². The molecule has 47 heavy (non-hydrogen) atoms. The van der Waals surface area contributed by atoms with E-state index in [1.807, 2.05) is 12.1 Å². The SMILES string of the molecule is c1ccc(-c2nc(-c3ccccc3-c3cccc(C4(c5ccccc5)c5ccccc5-c5ccccc54)c3)nc3ccccc23)cc1. The van der Waals surface area contributed by atoms with E-state index in [1.54, 1.807) is 0 Å². The molecule has 0 bridgehead atoms. The highest BCUT2D eigenvalue weighted by Gasteiger charge is 2.45. The molecule has 0 fully saturated rings. The summed E-state index contributed by atoms with van der Waals surface area (Å²) in [6.07, 6.45) is 0. The van der Waals surface area contributed by atoms with Gasteiger partial charge in [0, 0.05) is 16.5 Å². The predicted molar refractivity (Wildman–Crippen MR) is 193 cm³/mol. The van der Waals surface area contributed by atoms with Crippen molar-refractivity contribution in [3.05, 3.63) is 204 Å². The van der Waals surface area contributed by atoms with Crippen molar-refractivity contribution in [2.24, 2.45) is 0 Å². The molecule has 0 saturated heterocycles. The fraction of sp³-hybridized carbons (Fsp3) is 0.0222. The monoisotopic (exact) mass is 598 g/mol. The van der Waals surface area contributed by atoms with Crippen molar-refractivity contribution in [1.29, 1.82) is 0 Å². The summed E-state index contributed by atoms with van der Waals surface area (Å²) in [5.41, 5.74) is 13.4. The number of fused-ring (bicyclic) bond motifs is 4. The number of nitrogens with zero attached hydrogens (tertiary/aromatic N) is 2. The van der Waals surface area contributed by atoms with E-state index in [0.717, 1.165) is 44.7 Å². The number of rotatable bonds is 5. The number of aromatic nitrogens is 2. The zero-order valence-corrected chi connectivity index (χ0v) is 25.7. The van der Waals surface area contributed by atoms with Crippen molar-refractivity contribution in [3.8, 4) is 44.9 Å². The van der Waals surface area contributed by atoms with Gasteiger partial charge in [-0.25, -0.2) is 9.97 Å². The van der Waals surface area contributed by atoms with Crippen LogP contribution in [0, 0.1) is 0 Å². The normalized spacial score (nSPS) is 12.9. The summed E-state index contributed by atoms with van der Waals surface area (Å²) >= 11 is 0. The lowest BCUT2D eigenvalue weighted by atomic mass is 9.67. The molecule has 2 heteroatoms. The maximum Gasteiger partial charge on any atom is 0.161 e. The number of para-hydroxylation sites is 1. The van der Waals surface area contributed by atoms with Crippen LogP contribution in [0.2, 0.25) is 0 Å². The van der Waals surface area contributed by atoms with E-state index >= 15 is 0 Å². The van der Waals surface area contributed by atoms with Crippen LogP contribution in [-0.2, 0) is 5.41 Å². The quantitative estimate of drug-likeness (QED) is 0.197. The summed E-state index contributed by atoms with van der Waals surface area (Å²) in [6.45, 7) is 0. The molecule has 0 radical (unpaired) electrons. The molecule has 0 N–H and O–H groups in total. The first-order valence-corrected chi connectivity index (χ1v) is 16.1. The molecular formula is C45H30N2. The Hall–Kier alpha value is -6.12. The van der Waals surface area contributed by atoms with Crippen LogP contribution < -0.4 is 0 Å². The van der Waals surface area contributed by atoms with Gasteiger partial charge in [-0.1, -0.05) is 170 Å². The molecule has 8 aromatic rings. The molecule has 0 amide bonds. The first kappa shape index (κ1) is 27.2. The number of hydrogen-bond acceptors (Lipinski definition) is 2. The topological polar surface area (TPSA) is 25.8 Å². The highest BCUT2D eigenvalue weighted by atomic mass is 14.9. The first-order chi connectivity index (χ1) is 23.3. The van der Waals surface area contributed by atoms with E-state index in [0.29, 0.717) is 0 Å². The Morgan fingerprint density at radius 3 is 1.62 bits per heavy atom. The van der Waals surface area contributed by atoms with Gasteiger partial charge in [-0.05, 0) is 56.6 Å². The lowest BCUT2D eigenvalue weighted by Crippen LogP contribution is -2.28. The molecule has 1 aliphatic rings. The van der Waals surface area contributed by atoms with E-state index in [2.05, 4.69) is 170 Å². The number of hydrogen-bond donors (Lipinski definition) is 0. The largest absolute Gasteiger partial charge is 0.228 e. The van der Waals surface area contributed by atoms with Crippen molar-refractivity contribution in [1.82, 2.24) is 9.97 Å². The van der Waals surface area contributed by atoms with Crippen molar-refractivity contribution >= 4 is 10.9 Å². The molecule has 1 aromatic heterocycles. The van der Waals surface area contributed by atoms with Crippen LogP contribution in [0.1, 0.15) is 22.3 Å². The van der Waals surface area contributed by atoms with E-state index in [1.165, 1.54) is 33.4 Å². The Kier molecular flexibility index (Phi) is 6.39. The fourth-order valence-corrected chi connectivity index (χ4v) is 7.57. The zero-order valence-electron chi connectivity index (χ0n) is 25.7. The second kappa shape index (κ2) is 11.0. The van der Waals surface area contributed by atoms with E-state index in [4.69, 9.17) is 9.97 Å². The summed E-state index contributed by atoms with van der Waals surface area (Å²) in [5.74, 6) is 0.720. The summed E-state index contributed by atoms with van der Waals surface area (Å²) in [5, 5.41) is 1.05. The smallest absolute Gasteiger partial charge is 0.161 e. The molecule has 0 aliphatic heterocycles. The molecule has 0 atom stereocenters. The van der Waals surface area contributed by atoms with Crippen LogP contribution in [0.3, 0.4) is 0 Å². The third-order valence-electron chi connectivity index (χ3n) is 9.58. The van der Waals surface area contributed by atoms with Gasteiger partial charge in [0.05, 0.1) is 16.6 Å². The lowest BCUT2D eigenvalue weighted by molar-refractivity contribution is 0.769. The Morgan fingerprint density at radius 2 is 0.894 bits per heavy atom. The van der Waals surface area contributed by atoms with Gasteiger partial charge in [-0.3, -0.25) is 0 Å². The van der Waals surface area contributed by atoms with Gasteiger partial charge in [-0.2, -0.15) is 0 Å². The first-order valence-electron chi connectivity index (χ1n) is 16.1. The Labute approximate surface area is 274 Å². The Balaban J connectivity index is 1.28. The standard InChI is InChI=1S/C45H30N2/c1-3-16-31(17-4-1)43-39-26-11-14-29-42(39)46-44(47-43)38-25-8-7-22-35(38)32-18-15-21-34(30-32)45(33-19-5-2-6-20-33)40-27-12-9-23-36(40)37-24-10-13-28-41(37)45/h1-30H. The summed E-state index contributed by atoms with van der Waals surface area (Å²) in [4.78, 5) is 10.4. The summed E-state index contributed by atoms with van der Waals surface area (Å²) < 4.78 is 0. The minimum Gasteiger partial charge on any atom is -0.228 e. The maximum absolute atomic E-state index is 5.24. The molecule has 0 unspecified atom stereocenters. The van der Waals surface area contributed by atoms with Gasteiger partial charge in [0.1, 0.15) is 0 Å². The average Bonchev–Trinajstić information content (AvgIpc) is 3.46. The Bertz CT molecular complexity index is 2370. The molecule has 220 valence electrons. The van der Waals surface area contributed by atoms with Gasteiger partial charge in [-0.15, -0.1) is 0 Å². The minimum atomic E-state index is -0.459. The van der Waals surface area contributed by atoms with E-state index in [9.17, 15) is 0 Å². The maximum atomic E-state index is 5.24. The second-order valence-electron chi connectivity index (χ2n) is 12.1. The van der Waals surface area contributed by atoms with Crippen molar-refractivity contribution < 1.29 is 0 Å². The van der Waals surface area contributed by atoms with Crippen LogP contribution in [0.25, 0.3) is 55.8 Å². The third-order valence-corrected chi connectivity index (χ3v) is 9.58. The second-order valence-corrected chi connectivity index (χ2v) is 12.1. The van der Waals surface area contributed by atoms with Crippen molar-refractivity contribution in [3.63, 3.8) is 0 Å². The zero-order chi connectivity index (χ0) is 31.2. The summed E-state index contributed by atoms with van der Waals surface area (Å²) in [6, 6.07) is 65.0. The molecule has 2 nitrogen and oxygen atoms in total. The lowest BCUT2D eigenvalue weighted by Gasteiger charge is -2.34. The summed E-state index contributed by atoms with van der Waals surface area (Å²) in [7, 11) is 0. The van der Waals surface area contributed by atoms with Crippen LogP contribution in [-0.4, -0.2) is 9.97 Å². The molecule has 0 spiro atoms. The predicted octanol–water partition coefficient (Wildman–Crippen LogP) is 11.0. The Morgan fingerprint density at radius 1 is 0.362 bits per heavy atom. The molecule has 1 heterocycles.